The molecule has 22 heavy (non-hydrogen) atoms. The number of nitrogens with zero attached hydrogens (tertiary/aromatic N) is 1. The van der Waals surface area contributed by atoms with E-state index in [1.807, 2.05) is 25.7 Å². The Kier molecular flexibility index (Phi) is 6.54. The van der Waals surface area contributed by atoms with Crippen molar-refractivity contribution in [1.29, 1.82) is 0 Å². The van der Waals surface area contributed by atoms with Gasteiger partial charge in [0.2, 0.25) is 0 Å². The molecular formula is C18H34N2O2. The number of carbonyl (C=O) groups excluding carboxylic acids is 1. The van der Waals surface area contributed by atoms with Crippen LogP contribution in [0.4, 0.5) is 4.79 Å². The Balaban J connectivity index is 1.68. The predicted octanol–water partition coefficient (Wildman–Crippen LogP) is 3.95. The second-order valence-electron chi connectivity index (χ2n) is 8.03. The van der Waals surface area contributed by atoms with Crippen molar-refractivity contribution in [1.82, 2.24) is 10.2 Å². The number of hydrogen-bond donors (Lipinski definition) is 1. The molecule has 1 unspecified atom stereocenters. The van der Waals surface area contributed by atoms with E-state index in [0.29, 0.717) is 12.0 Å². The molecule has 4 nitrogen and oxygen atoms in total. The monoisotopic (exact) mass is 310 g/mol. The first-order chi connectivity index (χ1) is 10.4. The van der Waals surface area contributed by atoms with Crippen molar-refractivity contribution < 1.29 is 9.53 Å². The molecule has 2 fully saturated rings. The maximum Gasteiger partial charge on any atom is 0.410 e. The Morgan fingerprint density at radius 3 is 2.36 bits per heavy atom. The number of rotatable bonds is 3. The van der Waals surface area contributed by atoms with Crippen molar-refractivity contribution in [3.63, 3.8) is 0 Å². The summed E-state index contributed by atoms with van der Waals surface area (Å²) in [7, 11) is 0. The fraction of sp³-hybridized carbons (Fsp3) is 0.944. The highest BCUT2D eigenvalue weighted by molar-refractivity contribution is 5.68. The smallest absolute Gasteiger partial charge is 0.410 e. The molecule has 1 atom stereocenters. The highest BCUT2D eigenvalue weighted by Gasteiger charge is 2.29. The van der Waals surface area contributed by atoms with Gasteiger partial charge in [0, 0.05) is 19.1 Å². The van der Waals surface area contributed by atoms with Gasteiger partial charge in [0.25, 0.3) is 0 Å². The van der Waals surface area contributed by atoms with Gasteiger partial charge >= 0.3 is 6.09 Å². The summed E-state index contributed by atoms with van der Waals surface area (Å²) in [5, 5.41) is 3.76. The second-order valence-corrected chi connectivity index (χ2v) is 8.03. The summed E-state index contributed by atoms with van der Waals surface area (Å²) in [5.41, 5.74) is -0.397. The summed E-state index contributed by atoms with van der Waals surface area (Å²) < 4.78 is 5.46. The van der Waals surface area contributed by atoms with Crippen LogP contribution in [0.25, 0.3) is 0 Å². The van der Waals surface area contributed by atoms with Crippen molar-refractivity contribution in [3.8, 4) is 0 Å². The van der Waals surface area contributed by atoms with Crippen molar-refractivity contribution in [2.45, 2.75) is 83.8 Å². The van der Waals surface area contributed by atoms with E-state index in [9.17, 15) is 4.79 Å². The van der Waals surface area contributed by atoms with Crippen LogP contribution < -0.4 is 5.32 Å². The normalized spacial score (nSPS) is 24.9. The van der Waals surface area contributed by atoms with Gasteiger partial charge in [-0.3, -0.25) is 0 Å². The van der Waals surface area contributed by atoms with E-state index in [0.717, 1.165) is 26.1 Å². The van der Waals surface area contributed by atoms with Gasteiger partial charge in [-0.2, -0.15) is 0 Å². The quantitative estimate of drug-likeness (QED) is 0.858. The molecule has 1 saturated heterocycles. The molecule has 2 rings (SSSR count). The molecule has 1 saturated carbocycles. The number of carbonyl (C=O) groups is 1. The fourth-order valence-corrected chi connectivity index (χ4v) is 3.49. The third-order valence-electron chi connectivity index (χ3n) is 4.74. The van der Waals surface area contributed by atoms with Crippen LogP contribution in [0.3, 0.4) is 0 Å². The lowest BCUT2D eigenvalue weighted by Gasteiger charge is -2.25. The number of ether oxygens (including phenoxy) is 1. The lowest BCUT2D eigenvalue weighted by atomic mass is 9.96. The van der Waals surface area contributed by atoms with Gasteiger partial charge in [-0.15, -0.1) is 0 Å². The maximum absolute atomic E-state index is 12.1. The first-order valence-corrected chi connectivity index (χ1v) is 9.15. The number of nitrogens with one attached hydrogen (secondary N) is 1. The summed E-state index contributed by atoms with van der Waals surface area (Å²) in [6.45, 7) is 8.50. The Morgan fingerprint density at radius 1 is 1.09 bits per heavy atom. The summed E-state index contributed by atoms with van der Waals surface area (Å²) in [6.07, 6.45) is 10.5. The summed E-state index contributed by atoms with van der Waals surface area (Å²) in [6, 6.07) is 0.691. The largest absolute Gasteiger partial charge is 0.444 e. The molecule has 0 spiro atoms. The summed E-state index contributed by atoms with van der Waals surface area (Å²) in [5.74, 6) is 0.581. The lowest BCUT2D eigenvalue weighted by Crippen LogP contribution is -2.37. The fourth-order valence-electron chi connectivity index (χ4n) is 3.49. The number of hydrogen-bond acceptors (Lipinski definition) is 3. The SMILES string of the molecule is CC(C)(C)OC(=O)N1CCC(CNC2CCCCCCC2)C1. The van der Waals surface area contributed by atoms with Crippen molar-refractivity contribution in [2.24, 2.45) is 5.92 Å². The molecule has 1 aliphatic heterocycles. The lowest BCUT2D eigenvalue weighted by molar-refractivity contribution is 0.0288. The molecular weight excluding hydrogens is 276 g/mol. The van der Waals surface area contributed by atoms with E-state index in [2.05, 4.69) is 5.32 Å². The van der Waals surface area contributed by atoms with E-state index in [1.54, 1.807) is 0 Å². The first kappa shape index (κ1) is 17.6. The molecule has 1 heterocycles. The van der Waals surface area contributed by atoms with Crippen LogP contribution in [-0.4, -0.2) is 42.3 Å². The molecule has 0 radical (unpaired) electrons. The molecule has 0 aromatic carbocycles. The van der Waals surface area contributed by atoms with Crippen LogP contribution in [0.5, 0.6) is 0 Å². The average molecular weight is 310 g/mol. The van der Waals surface area contributed by atoms with Crippen LogP contribution >= 0.6 is 0 Å². The second kappa shape index (κ2) is 8.19. The van der Waals surface area contributed by atoms with Crippen molar-refractivity contribution in [2.75, 3.05) is 19.6 Å². The van der Waals surface area contributed by atoms with Crippen LogP contribution in [0.2, 0.25) is 0 Å². The summed E-state index contributed by atoms with van der Waals surface area (Å²) in [4.78, 5) is 14.0. The van der Waals surface area contributed by atoms with Crippen molar-refractivity contribution in [3.05, 3.63) is 0 Å². The third-order valence-corrected chi connectivity index (χ3v) is 4.74. The van der Waals surface area contributed by atoms with Crippen LogP contribution in [-0.2, 0) is 4.74 Å². The zero-order valence-corrected chi connectivity index (χ0v) is 14.7. The number of likely N-dealkylation sites (tertiary alicyclic amines) is 1. The maximum atomic E-state index is 12.1. The van der Waals surface area contributed by atoms with Gasteiger partial charge in [0.15, 0.2) is 0 Å². The third kappa shape index (κ3) is 6.15. The topological polar surface area (TPSA) is 41.6 Å². The average Bonchev–Trinajstić information content (AvgIpc) is 2.84. The van der Waals surface area contributed by atoms with E-state index < -0.39 is 5.60 Å². The van der Waals surface area contributed by atoms with E-state index >= 15 is 0 Å². The molecule has 4 heteroatoms. The van der Waals surface area contributed by atoms with Gasteiger partial charge in [-0.1, -0.05) is 32.1 Å². The highest BCUT2D eigenvalue weighted by Crippen LogP contribution is 2.21. The van der Waals surface area contributed by atoms with Crippen LogP contribution in [0.1, 0.15) is 72.1 Å². The first-order valence-electron chi connectivity index (χ1n) is 9.15. The molecule has 0 aromatic heterocycles. The van der Waals surface area contributed by atoms with Gasteiger partial charge in [0.1, 0.15) is 5.60 Å². The Bertz CT molecular complexity index is 343. The molecule has 1 amide bonds. The molecule has 0 aromatic rings. The van der Waals surface area contributed by atoms with Crippen LogP contribution in [0.15, 0.2) is 0 Å². The van der Waals surface area contributed by atoms with Gasteiger partial charge < -0.3 is 15.0 Å². The molecule has 0 bridgehead atoms. The Hall–Kier alpha value is -0.770. The van der Waals surface area contributed by atoms with Gasteiger partial charge in [-0.25, -0.2) is 4.79 Å². The van der Waals surface area contributed by atoms with E-state index in [1.165, 1.54) is 44.9 Å². The zero-order chi connectivity index (χ0) is 16.0. The minimum Gasteiger partial charge on any atom is -0.444 e. The van der Waals surface area contributed by atoms with Crippen LogP contribution in [0, 0.1) is 5.92 Å². The van der Waals surface area contributed by atoms with Crippen molar-refractivity contribution >= 4 is 6.09 Å². The number of amides is 1. The summed E-state index contributed by atoms with van der Waals surface area (Å²) >= 11 is 0. The molecule has 128 valence electrons. The standard InChI is InChI=1S/C18H34N2O2/c1-18(2,3)22-17(21)20-12-11-15(14-20)13-19-16-9-7-5-4-6-8-10-16/h15-16,19H,4-14H2,1-3H3. The zero-order valence-electron chi connectivity index (χ0n) is 14.7. The Labute approximate surface area is 136 Å². The van der Waals surface area contributed by atoms with Gasteiger partial charge in [0.05, 0.1) is 0 Å². The molecule has 1 aliphatic carbocycles. The molecule has 2 aliphatic rings. The van der Waals surface area contributed by atoms with E-state index in [-0.39, 0.29) is 6.09 Å². The molecule has 1 N–H and O–H groups in total. The highest BCUT2D eigenvalue weighted by atomic mass is 16.6. The van der Waals surface area contributed by atoms with Gasteiger partial charge in [-0.05, 0) is 52.5 Å². The Morgan fingerprint density at radius 2 is 1.73 bits per heavy atom. The minimum atomic E-state index is -0.397. The minimum absolute atomic E-state index is 0.152. The predicted molar refractivity (Wildman–Crippen MR) is 90.0 cm³/mol. The van der Waals surface area contributed by atoms with E-state index in [4.69, 9.17) is 4.74 Å².